The Hall–Kier alpha value is -2.38. The van der Waals surface area contributed by atoms with E-state index in [1.54, 1.807) is 36.2 Å². The highest BCUT2D eigenvalue weighted by molar-refractivity contribution is 7.88. The van der Waals surface area contributed by atoms with Gasteiger partial charge in [-0.25, -0.2) is 12.7 Å². The molecule has 0 N–H and O–H groups in total. The molecule has 7 heteroatoms. The van der Waals surface area contributed by atoms with Crippen LogP contribution in [0.2, 0.25) is 0 Å². The van der Waals surface area contributed by atoms with E-state index in [-0.39, 0.29) is 19.1 Å². The first-order chi connectivity index (χ1) is 12.6. The van der Waals surface area contributed by atoms with Crippen LogP contribution in [0.5, 0.6) is 5.75 Å². The number of nitrogens with zero attached hydrogens (tertiary/aromatic N) is 2. The predicted molar refractivity (Wildman–Crippen MR) is 106 cm³/mol. The molecule has 0 heterocycles. The number of carbonyl (C=O) groups excluding carboxylic acids is 1. The van der Waals surface area contributed by atoms with Crippen LogP contribution in [0.25, 0.3) is 0 Å². The van der Waals surface area contributed by atoms with Crippen molar-refractivity contribution < 1.29 is 17.9 Å². The molecule has 0 aliphatic heterocycles. The molecule has 2 aromatic rings. The van der Waals surface area contributed by atoms with Crippen molar-refractivity contribution in [2.24, 2.45) is 0 Å². The lowest BCUT2D eigenvalue weighted by atomic mass is 10.1. The Morgan fingerprint density at radius 3 is 2.00 bits per heavy atom. The Morgan fingerprint density at radius 1 is 0.926 bits per heavy atom. The molecule has 0 fully saturated rings. The van der Waals surface area contributed by atoms with Crippen LogP contribution in [-0.4, -0.2) is 50.5 Å². The number of aryl methyl sites for hydroxylation is 1. The third-order valence-corrected chi connectivity index (χ3v) is 5.48. The Balaban J connectivity index is 1.84. The SMILES string of the molecule is Cc1ccc(CN(C)C(=O)COc2ccc(CN(C)S(C)(=O)=O)cc2)cc1. The van der Waals surface area contributed by atoms with E-state index in [1.807, 2.05) is 31.2 Å². The van der Waals surface area contributed by atoms with Gasteiger partial charge in [0.15, 0.2) is 6.61 Å². The van der Waals surface area contributed by atoms with Gasteiger partial charge in [-0.3, -0.25) is 4.79 Å². The molecule has 0 unspecified atom stereocenters. The second-order valence-corrected chi connectivity index (χ2v) is 8.78. The number of benzene rings is 2. The zero-order valence-corrected chi connectivity index (χ0v) is 17.0. The van der Waals surface area contributed by atoms with E-state index in [0.29, 0.717) is 12.3 Å². The van der Waals surface area contributed by atoms with E-state index in [2.05, 4.69) is 0 Å². The zero-order valence-electron chi connectivity index (χ0n) is 16.2. The van der Waals surface area contributed by atoms with E-state index in [0.717, 1.165) is 11.1 Å². The normalized spacial score (nSPS) is 11.4. The summed E-state index contributed by atoms with van der Waals surface area (Å²) < 4.78 is 29.7. The minimum absolute atomic E-state index is 0.0506. The molecule has 1 amide bonds. The highest BCUT2D eigenvalue weighted by Gasteiger charge is 2.12. The van der Waals surface area contributed by atoms with Crippen LogP contribution in [0.3, 0.4) is 0 Å². The van der Waals surface area contributed by atoms with E-state index in [9.17, 15) is 13.2 Å². The maximum Gasteiger partial charge on any atom is 0.260 e. The van der Waals surface area contributed by atoms with Crippen molar-refractivity contribution in [2.75, 3.05) is 27.0 Å². The molecule has 2 rings (SSSR count). The van der Waals surface area contributed by atoms with Crippen LogP contribution in [0.1, 0.15) is 16.7 Å². The fraction of sp³-hybridized carbons (Fsp3) is 0.350. The standard InChI is InChI=1S/C20H26N2O4S/c1-16-5-7-17(8-6-16)13-21(2)20(23)15-26-19-11-9-18(10-12-19)14-22(3)27(4,24)25/h5-12H,13-15H2,1-4H3. The van der Waals surface area contributed by atoms with Gasteiger partial charge >= 0.3 is 0 Å². The van der Waals surface area contributed by atoms with E-state index >= 15 is 0 Å². The summed E-state index contributed by atoms with van der Waals surface area (Å²) in [6.07, 6.45) is 1.17. The summed E-state index contributed by atoms with van der Waals surface area (Å²) in [6.45, 7) is 2.79. The van der Waals surface area contributed by atoms with Crippen LogP contribution >= 0.6 is 0 Å². The Kier molecular flexibility index (Phi) is 6.98. The lowest BCUT2D eigenvalue weighted by Gasteiger charge is -2.18. The first-order valence-electron chi connectivity index (χ1n) is 8.57. The Labute approximate surface area is 161 Å². The van der Waals surface area contributed by atoms with Crippen LogP contribution in [0, 0.1) is 6.92 Å². The van der Waals surface area contributed by atoms with Crippen LogP contribution < -0.4 is 4.74 Å². The molecule has 0 atom stereocenters. The quantitative estimate of drug-likeness (QED) is 0.694. The third-order valence-electron chi connectivity index (χ3n) is 4.22. The molecule has 27 heavy (non-hydrogen) atoms. The van der Waals surface area contributed by atoms with Crippen molar-refractivity contribution in [3.8, 4) is 5.75 Å². The van der Waals surface area contributed by atoms with Crippen LogP contribution in [0.15, 0.2) is 48.5 Å². The molecule has 0 saturated carbocycles. The number of hydrogen-bond acceptors (Lipinski definition) is 4. The summed E-state index contributed by atoms with van der Waals surface area (Å²) in [7, 11) is 0.0572. The fourth-order valence-electron chi connectivity index (χ4n) is 2.38. The van der Waals surface area contributed by atoms with E-state index in [1.165, 1.54) is 23.2 Å². The van der Waals surface area contributed by atoms with Gasteiger partial charge in [-0.1, -0.05) is 42.0 Å². The van der Waals surface area contributed by atoms with Crippen molar-refractivity contribution in [3.63, 3.8) is 0 Å². The molecule has 6 nitrogen and oxygen atoms in total. The zero-order chi connectivity index (χ0) is 20.0. The number of hydrogen-bond donors (Lipinski definition) is 0. The van der Waals surface area contributed by atoms with Gasteiger partial charge in [0.25, 0.3) is 5.91 Å². The van der Waals surface area contributed by atoms with Gasteiger partial charge in [-0.2, -0.15) is 0 Å². The molecule has 0 radical (unpaired) electrons. The van der Waals surface area contributed by atoms with Crippen molar-refractivity contribution in [1.29, 1.82) is 0 Å². The largest absolute Gasteiger partial charge is 0.484 e. The molecule has 0 aliphatic carbocycles. The summed E-state index contributed by atoms with van der Waals surface area (Å²) in [5, 5.41) is 0. The molecule has 0 saturated heterocycles. The molecule has 0 bridgehead atoms. The summed E-state index contributed by atoms with van der Waals surface area (Å²) >= 11 is 0. The minimum atomic E-state index is -3.22. The van der Waals surface area contributed by atoms with Gasteiger partial charge in [-0.15, -0.1) is 0 Å². The summed E-state index contributed by atoms with van der Waals surface area (Å²) in [4.78, 5) is 13.9. The second-order valence-electron chi connectivity index (χ2n) is 6.69. The van der Waals surface area contributed by atoms with Crippen molar-refractivity contribution >= 4 is 15.9 Å². The molecule has 0 aromatic heterocycles. The Morgan fingerprint density at radius 2 is 1.44 bits per heavy atom. The van der Waals surface area contributed by atoms with Crippen molar-refractivity contribution in [1.82, 2.24) is 9.21 Å². The number of sulfonamides is 1. The van der Waals surface area contributed by atoms with Crippen molar-refractivity contribution in [3.05, 3.63) is 65.2 Å². The molecular formula is C20H26N2O4S. The fourth-order valence-corrected chi connectivity index (χ4v) is 2.76. The van der Waals surface area contributed by atoms with Gasteiger partial charge in [0.2, 0.25) is 10.0 Å². The number of carbonyl (C=O) groups is 1. The first kappa shape index (κ1) is 20.9. The average Bonchev–Trinajstić information content (AvgIpc) is 2.62. The topological polar surface area (TPSA) is 66.9 Å². The predicted octanol–water partition coefficient (Wildman–Crippen LogP) is 2.42. The second kappa shape index (κ2) is 9.01. The Bertz CT molecular complexity index is 862. The smallest absolute Gasteiger partial charge is 0.260 e. The number of ether oxygens (including phenoxy) is 1. The monoisotopic (exact) mass is 390 g/mol. The molecule has 2 aromatic carbocycles. The highest BCUT2D eigenvalue weighted by atomic mass is 32.2. The molecule has 146 valence electrons. The summed E-state index contributed by atoms with van der Waals surface area (Å²) in [5.74, 6) is 0.453. The highest BCUT2D eigenvalue weighted by Crippen LogP contribution is 2.14. The lowest BCUT2D eigenvalue weighted by molar-refractivity contribution is -0.132. The maximum absolute atomic E-state index is 12.2. The third kappa shape index (κ3) is 6.69. The van der Waals surface area contributed by atoms with Gasteiger partial charge in [-0.05, 0) is 30.2 Å². The average molecular weight is 391 g/mol. The maximum atomic E-state index is 12.2. The number of likely N-dealkylation sites (N-methyl/N-ethyl adjacent to an activating group) is 1. The van der Waals surface area contributed by atoms with Gasteiger partial charge in [0.05, 0.1) is 6.26 Å². The lowest BCUT2D eigenvalue weighted by Crippen LogP contribution is -2.30. The number of amides is 1. The molecule has 0 aliphatic rings. The van der Waals surface area contributed by atoms with E-state index in [4.69, 9.17) is 4.74 Å². The number of rotatable bonds is 8. The van der Waals surface area contributed by atoms with Gasteiger partial charge in [0, 0.05) is 27.2 Å². The van der Waals surface area contributed by atoms with Crippen LogP contribution in [-0.2, 0) is 27.9 Å². The van der Waals surface area contributed by atoms with Gasteiger partial charge in [0.1, 0.15) is 5.75 Å². The van der Waals surface area contributed by atoms with E-state index < -0.39 is 10.0 Å². The van der Waals surface area contributed by atoms with Crippen molar-refractivity contribution in [2.45, 2.75) is 20.0 Å². The van der Waals surface area contributed by atoms with Crippen LogP contribution in [0.4, 0.5) is 0 Å². The summed E-state index contributed by atoms with van der Waals surface area (Å²) in [6, 6.07) is 15.1. The first-order valence-corrected chi connectivity index (χ1v) is 10.4. The molecular weight excluding hydrogens is 364 g/mol. The van der Waals surface area contributed by atoms with Gasteiger partial charge < -0.3 is 9.64 Å². The minimum Gasteiger partial charge on any atom is -0.484 e. The molecule has 0 spiro atoms. The summed E-state index contributed by atoms with van der Waals surface area (Å²) in [5.41, 5.74) is 3.09.